The summed E-state index contributed by atoms with van der Waals surface area (Å²) in [7, 11) is 52.6. The standard InChI is InChI=1S/C45H18B8N4O2/c46-32-30-31-33(47)35(49)37(51)39(53)41(31)57(40(30)38(52)36(50)34(32)48)45-55-43(19-8-2-1-3-9-19)54-44(56-45)20-16-17-27-25(18-20)29-22(11-7-15-28(29)58-27)24-13-6-12-23-21-10-4-5-14-26(21)59-42(23)24/h1-18H. The number of furan rings is 2. The number of rotatable bonds is 4. The normalized spacial score (nSPS) is 11.9. The van der Waals surface area contributed by atoms with Gasteiger partial charge in [0.2, 0.25) is 5.95 Å². The molecule has 4 aromatic heterocycles. The van der Waals surface area contributed by atoms with Crippen LogP contribution in [0.25, 0.3) is 106 Å². The van der Waals surface area contributed by atoms with E-state index in [2.05, 4.69) is 24.3 Å². The summed E-state index contributed by atoms with van der Waals surface area (Å²) < 4.78 is 14.6. The smallest absolute Gasteiger partial charge is 0.238 e. The van der Waals surface area contributed by atoms with Crippen LogP contribution in [0.15, 0.2) is 118 Å². The highest BCUT2D eigenvalue weighted by molar-refractivity contribution is 6.71. The fraction of sp³-hybridized carbons (Fsp3) is 0. The quantitative estimate of drug-likeness (QED) is 0.260. The minimum atomic E-state index is 0.0705. The van der Waals surface area contributed by atoms with E-state index in [0.717, 1.165) is 49.4 Å². The van der Waals surface area contributed by atoms with Gasteiger partial charge in [0.15, 0.2) is 11.6 Å². The van der Waals surface area contributed by atoms with Crippen LogP contribution >= 0.6 is 0 Å². The molecule has 6 nitrogen and oxygen atoms in total. The maximum Gasteiger partial charge on any atom is 0.238 e. The fourth-order valence-corrected chi connectivity index (χ4v) is 8.37. The van der Waals surface area contributed by atoms with Crippen LogP contribution in [0.3, 0.4) is 0 Å². The molecule has 0 atom stereocenters. The molecule has 0 saturated heterocycles. The van der Waals surface area contributed by atoms with Crippen LogP contribution in [-0.4, -0.2) is 82.3 Å². The Hall–Kier alpha value is -6.53. The van der Waals surface area contributed by atoms with E-state index < -0.39 is 0 Å². The fourth-order valence-electron chi connectivity index (χ4n) is 8.37. The Morgan fingerprint density at radius 2 is 0.949 bits per heavy atom. The first-order chi connectivity index (χ1) is 28.6. The Bertz CT molecular complexity index is 3540. The van der Waals surface area contributed by atoms with Crippen LogP contribution < -0.4 is 43.7 Å². The summed E-state index contributed by atoms with van der Waals surface area (Å²) in [6, 6.07) is 35.6. The molecule has 0 aliphatic heterocycles. The molecule has 0 bridgehead atoms. The molecule has 0 spiro atoms. The van der Waals surface area contributed by atoms with Gasteiger partial charge in [0.1, 0.15) is 85.1 Å². The van der Waals surface area contributed by atoms with Gasteiger partial charge in [-0.3, -0.25) is 4.57 Å². The minimum Gasteiger partial charge on any atom is -0.456 e. The van der Waals surface area contributed by atoms with E-state index in [9.17, 15) is 0 Å². The van der Waals surface area contributed by atoms with Crippen LogP contribution in [0.2, 0.25) is 0 Å². The molecule has 59 heavy (non-hydrogen) atoms. The molecule has 11 aromatic rings. The van der Waals surface area contributed by atoms with E-state index in [1.54, 1.807) is 4.57 Å². The summed E-state index contributed by atoms with van der Waals surface area (Å²) in [4.78, 5) is 15.1. The Labute approximate surface area is 348 Å². The van der Waals surface area contributed by atoms with E-state index in [1.807, 2.05) is 84.9 Å². The van der Waals surface area contributed by atoms with E-state index in [1.165, 1.54) is 0 Å². The van der Waals surface area contributed by atoms with Crippen molar-refractivity contribution in [1.29, 1.82) is 0 Å². The third-order valence-corrected chi connectivity index (χ3v) is 11.3. The molecule has 0 amide bonds. The maximum absolute atomic E-state index is 6.77. The lowest BCUT2D eigenvalue weighted by atomic mass is 9.63. The number of nitrogens with zero attached hydrogens (tertiary/aromatic N) is 4. The number of para-hydroxylation sites is 2. The monoisotopic (exact) mass is 734 g/mol. The Balaban J connectivity index is 1.21. The highest BCUT2D eigenvalue weighted by atomic mass is 16.3. The molecule has 0 N–H and O–H groups in total. The van der Waals surface area contributed by atoms with Crippen LogP contribution in [0.4, 0.5) is 0 Å². The lowest BCUT2D eigenvalue weighted by Crippen LogP contribution is -2.49. The molecule has 0 saturated carbocycles. The average Bonchev–Trinajstić information content (AvgIpc) is 3.96. The van der Waals surface area contributed by atoms with Gasteiger partial charge < -0.3 is 8.83 Å². The lowest BCUT2D eigenvalue weighted by Gasteiger charge is -2.17. The molecule has 0 aliphatic rings. The zero-order chi connectivity index (χ0) is 40.4. The van der Waals surface area contributed by atoms with E-state index >= 15 is 0 Å². The van der Waals surface area contributed by atoms with Crippen molar-refractivity contribution < 1.29 is 8.83 Å². The van der Waals surface area contributed by atoms with E-state index in [0.29, 0.717) is 50.2 Å². The van der Waals surface area contributed by atoms with Crippen LogP contribution in [0, 0.1) is 0 Å². The van der Waals surface area contributed by atoms with Crippen LogP contribution in [0.1, 0.15) is 0 Å². The highest BCUT2D eigenvalue weighted by Crippen LogP contribution is 2.42. The highest BCUT2D eigenvalue weighted by Gasteiger charge is 2.25. The molecule has 14 heteroatoms. The molecular formula is C45H18B8N4O2. The summed E-state index contributed by atoms with van der Waals surface area (Å²) in [6.07, 6.45) is 0. The molecular weight excluding hydrogens is 715 g/mol. The zero-order valence-electron chi connectivity index (χ0n) is 31.1. The number of benzene rings is 7. The molecule has 254 valence electrons. The third kappa shape index (κ3) is 5.08. The molecule has 11 rings (SSSR count). The summed E-state index contributed by atoms with van der Waals surface area (Å²) >= 11 is 0. The second-order valence-electron chi connectivity index (χ2n) is 14.5. The molecule has 0 fully saturated rings. The predicted molar refractivity (Wildman–Crippen MR) is 248 cm³/mol. The van der Waals surface area contributed by atoms with Crippen molar-refractivity contribution in [3.05, 3.63) is 109 Å². The first-order valence-corrected chi connectivity index (χ1v) is 18.6. The SMILES string of the molecule is [B]c1c([B])c([B])c2c(c1[B])c1c([B])c([B])c([B])c([B])c1n2-c1nc(-c2ccccc2)nc(-c2ccc3oc4cccc(-c5cccc6c5oc5ccccc56)c4c3c2)n1. The maximum atomic E-state index is 6.77. The van der Waals surface area contributed by atoms with Crippen molar-refractivity contribution in [2.45, 2.75) is 0 Å². The Morgan fingerprint density at radius 1 is 0.390 bits per heavy atom. The average molecular weight is 733 g/mol. The van der Waals surface area contributed by atoms with E-state index in [4.69, 9.17) is 86.6 Å². The molecule has 4 heterocycles. The number of fused-ring (bicyclic) bond motifs is 9. The minimum absolute atomic E-state index is 0.0705. The summed E-state index contributed by atoms with van der Waals surface area (Å²) in [6.45, 7) is 0. The van der Waals surface area contributed by atoms with Gasteiger partial charge >= 0.3 is 0 Å². The van der Waals surface area contributed by atoms with Gasteiger partial charge in [-0.2, -0.15) is 9.97 Å². The second-order valence-corrected chi connectivity index (χ2v) is 14.5. The molecule has 16 radical (unpaired) electrons. The van der Waals surface area contributed by atoms with Gasteiger partial charge in [0.25, 0.3) is 0 Å². The van der Waals surface area contributed by atoms with Crippen molar-refractivity contribution in [3.63, 3.8) is 0 Å². The van der Waals surface area contributed by atoms with Crippen molar-refractivity contribution >= 4 is 172 Å². The van der Waals surface area contributed by atoms with Crippen molar-refractivity contribution in [3.8, 4) is 39.9 Å². The van der Waals surface area contributed by atoms with Gasteiger partial charge in [0.05, 0.1) is 0 Å². The molecule has 0 unspecified atom stereocenters. The Kier molecular flexibility index (Phi) is 7.84. The van der Waals surface area contributed by atoms with Crippen LogP contribution in [-0.2, 0) is 0 Å². The molecule has 7 aromatic carbocycles. The van der Waals surface area contributed by atoms with E-state index in [-0.39, 0.29) is 49.7 Å². The van der Waals surface area contributed by atoms with Gasteiger partial charge in [-0.05, 0) is 46.7 Å². The van der Waals surface area contributed by atoms with Crippen molar-refractivity contribution in [2.75, 3.05) is 0 Å². The largest absolute Gasteiger partial charge is 0.456 e. The Morgan fingerprint density at radius 3 is 1.66 bits per heavy atom. The van der Waals surface area contributed by atoms with Gasteiger partial charge in [-0.25, -0.2) is 4.98 Å². The topological polar surface area (TPSA) is 69.9 Å². The van der Waals surface area contributed by atoms with Crippen molar-refractivity contribution in [2.24, 2.45) is 0 Å². The lowest BCUT2D eigenvalue weighted by molar-refractivity contribution is 0.668. The summed E-state index contributed by atoms with van der Waals surface area (Å²) in [5.74, 6) is 0.829. The first kappa shape index (κ1) is 35.6. The first-order valence-electron chi connectivity index (χ1n) is 18.6. The molecule has 0 aliphatic carbocycles. The second kappa shape index (κ2) is 13.0. The van der Waals surface area contributed by atoms with Crippen LogP contribution in [0.5, 0.6) is 0 Å². The summed E-state index contributed by atoms with van der Waals surface area (Å²) in [5, 5.41) is 4.58. The zero-order valence-corrected chi connectivity index (χ0v) is 31.1. The van der Waals surface area contributed by atoms with Crippen molar-refractivity contribution in [1.82, 2.24) is 19.5 Å². The van der Waals surface area contributed by atoms with Gasteiger partial charge in [-0.1, -0.05) is 101 Å². The third-order valence-electron chi connectivity index (χ3n) is 11.3. The number of aromatic nitrogens is 4. The predicted octanol–water partition coefficient (Wildman–Crippen LogP) is 2.12. The van der Waals surface area contributed by atoms with Gasteiger partial charge in [0, 0.05) is 49.3 Å². The summed E-state index contributed by atoms with van der Waals surface area (Å²) in [5.41, 5.74) is 7.72. The number of hydrogen-bond acceptors (Lipinski definition) is 5. The number of hydrogen-bond donors (Lipinski definition) is 0. The van der Waals surface area contributed by atoms with Gasteiger partial charge in [-0.15, -0.1) is 21.9 Å².